The molecule has 0 amide bonds. The van der Waals surface area contributed by atoms with Crippen molar-refractivity contribution in [3.63, 3.8) is 0 Å². The van der Waals surface area contributed by atoms with Crippen LogP contribution in [0.25, 0.3) is 11.6 Å². The molecule has 2 heterocycles. The highest BCUT2D eigenvalue weighted by atomic mass is 16.5. The third-order valence-corrected chi connectivity index (χ3v) is 1.78. The second-order valence-corrected chi connectivity index (χ2v) is 3.13. The molecule has 78 valence electrons. The van der Waals surface area contributed by atoms with E-state index < -0.39 is 0 Å². The number of rotatable bonds is 3. The third kappa shape index (κ3) is 2.16. The summed E-state index contributed by atoms with van der Waals surface area (Å²) in [4.78, 5) is 12.3. The Morgan fingerprint density at radius 2 is 2.00 bits per heavy atom. The number of hydrogen-bond acceptors (Lipinski definition) is 6. The zero-order chi connectivity index (χ0) is 10.7. The Bertz CT molecular complexity index is 436. The van der Waals surface area contributed by atoms with Crippen molar-refractivity contribution < 1.29 is 4.52 Å². The van der Waals surface area contributed by atoms with Crippen molar-refractivity contribution >= 4 is 0 Å². The predicted molar refractivity (Wildman–Crippen MR) is 52.8 cm³/mol. The number of aromatic nitrogens is 4. The van der Waals surface area contributed by atoms with Crippen LogP contribution in [0.5, 0.6) is 0 Å². The number of nitrogens with zero attached hydrogens (tertiary/aromatic N) is 4. The molecule has 0 bridgehead atoms. The van der Waals surface area contributed by atoms with Gasteiger partial charge in [-0.15, -0.1) is 0 Å². The maximum Gasteiger partial charge on any atom is 0.241 e. The SMILES string of the molecule is CNCc1nc(-c2ncc(C)cn2)no1. The van der Waals surface area contributed by atoms with Crippen molar-refractivity contribution in [2.45, 2.75) is 13.5 Å². The van der Waals surface area contributed by atoms with E-state index in [-0.39, 0.29) is 0 Å². The van der Waals surface area contributed by atoms with E-state index in [2.05, 4.69) is 25.4 Å². The molecule has 2 aromatic rings. The molecular formula is C9H11N5O. The summed E-state index contributed by atoms with van der Waals surface area (Å²) in [7, 11) is 1.81. The Morgan fingerprint density at radius 3 is 2.67 bits per heavy atom. The van der Waals surface area contributed by atoms with Crippen molar-refractivity contribution in [3.8, 4) is 11.6 Å². The Hall–Kier alpha value is -1.82. The first-order valence-electron chi connectivity index (χ1n) is 4.56. The maximum absolute atomic E-state index is 4.99. The van der Waals surface area contributed by atoms with Gasteiger partial charge in [-0.3, -0.25) is 0 Å². The molecular weight excluding hydrogens is 194 g/mol. The van der Waals surface area contributed by atoms with Gasteiger partial charge in [0.05, 0.1) is 6.54 Å². The van der Waals surface area contributed by atoms with Crippen molar-refractivity contribution in [1.29, 1.82) is 0 Å². The molecule has 0 aliphatic heterocycles. The minimum atomic E-state index is 0.417. The summed E-state index contributed by atoms with van der Waals surface area (Å²) >= 11 is 0. The lowest BCUT2D eigenvalue weighted by Crippen LogP contribution is -2.05. The number of aryl methyl sites for hydroxylation is 1. The Balaban J connectivity index is 2.25. The molecule has 2 aromatic heterocycles. The van der Waals surface area contributed by atoms with E-state index in [1.165, 1.54) is 0 Å². The summed E-state index contributed by atoms with van der Waals surface area (Å²) < 4.78 is 4.99. The lowest BCUT2D eigenvalue weighted by atomic mass is 10.4. The largest absolute Gasteiger partial charge is 0.337 e. The van der Waals surface area contributed by atoms with E-state index in [1.54, 1.807) is 12.4 Å². The Labute approximate surface area is 86.8 Å². The number of nitrogens with one attached hydrogen (secondary N) is 1. The predicted octanol–water partition coefficient (Wildman–Crippen LogP) is 0.554. The van der Waals surface area contributed by atoms with E-state index in [1.807, 2.05) is 14.0 Å². The van der Waals surface area contributed by atoms with Crippen LogP contribution < -0.4 is 5.32 Å². The van der Waals surface area contributed by atoms with Crippen LogP contribution in [0.1, 0.15) is 11.5 Å². The van der Waals surface area contributed by atoms with Crippen LogP contribution >= 0.6 is 0 Å². The Morgan fingerprint density at radius 1 is 1.27 bits per heavy atom. The fourth-order valence-corrected chi connectivity index (χ4v) is 1.08. The third-order valence-electron chi connectivity index (χ3n) is 1.78. The lowest BCUT2D eigenvalue weighted by Gasteiger charge is -1.92. The monoisotopic (exact) mass is 205 g/mol. The molecule has 6 nitrogen and oxygen atoms in total. The molecule has 0 atom stereocenters. The summed E-state index contributed by atoms with van der Waals surface area (Å²) in [6.07, 6.45) is 3.44. The zero-order valence-corrected chi connectivity index (χ0v) is 8.56. The minimum Gasteiger partial charge on any atom is -0.337 e. The van der Waals surface area contributed by atoms with Gasteiger partial charge < -0.3 is 9.84 Å². The summed E-state index contributed by atoms with van der Waals surface area (Å²) in [5, 5.41) is 6.70. The van der Waals surface area contributed by atoms with Crippen molar-refractivity contribution in [2.75, 3.05) is 7.05 Å². The molecule has 0 unspecified atom stereocenters. The smallest absolute Gasteiger partial charge is 0.241 e. The van der Waals surface area contributed by atoms with Crippen LogP contribution in [-0.4, -0.2) is 27.2 Å². The molecule has 0 fully saturated rings. The second kappa shape index (κ2) is 4.14. The normalized spacial score (nSPS) is 10.5. The molecule has 2 rings (SSSR count). The lowest BCUT2D eigenvalue weighted by molar-refractivity contribution is 0.372. The summed E-state index contributed by atoms with van der Waals surface area (Å²) in [5.74, 6) is 1.42. The molecule has 0 aromatic carbocycles. The van der Waals surface area contributed by atoms with Gasteiger partial charge in [0.25, 0.3) is 0 Å². The van der Waals surface area contributed by atoms with Crippen LogP contribution in [0, 0.1) is 6.92 Å². The van der Waals surface area contributed by atoms with Gasteiger partial charge in [0.2, 0.25) is 17.5 Å². The van der Waals surface area contributed by atoms with Gasteiger partial charge in [-0.25, -0.2) is 9.97 Å². The van der Waals surface area contributed by atoms with Gasteiger partial charge in [-0.2, -0.15) is 4.98 Å². The van der Waals surface area contributed by atoms with Crippen LogP contribution in [0.3, 0.4) is 0 Å². The van der Waals surface area contributed by atoms with E-state index >= 15 is 0 Å². The minimum absolute atomic E-state index is 0.417. The molecule has 0 aliphatic rings. The summed E-state index contributed by atoms with van der Waals surface area (Å²) in [5.41, 5.74) is 0.998. The average Bonchev–Trinajstić information content (AvgIpc) is 2.68. The van der Waals surface area contributed by atoms with Crippen LogP contribution in [-0.2, 0) is 6.54 Å². The molecule has 15 heavy (non-hydrogen) atoms. The molecule has 0 saturated heterocycles. The zero-order valence-electron chi connectivity index (χ0n) is 8.56. The van der Waals surface area contributed by atoms with Gasteiger partial charge in [0, 0.05) is 12.4 Å². The fourth-order valence-electron chi connectivity index (χ4n) is 1.08. The van der Waals surface area contributed by atoms with Gasteiger partial charge in [0.15, 0.2) is 0 Å². The molecule has 0 saturated carbocycles. The molecule has 6 heteroatoms. The summed E-state index contributed by atoms with van der Waals surface area (Å²) in [6.45, 7) is 2.46. The van der Waals surface area contributed by atoms with Gasteiger partial charge in [-0.1, -0.05) is 5.16 Å². The number of hydrogen-bond donors (Lipinski definition) is 1. The highest BCUT2D eigenvalue weighted by Crippen LogP contribution is 2.09. The van der Waals surface area contributed by atoms with E-state index in [0.717, 1.165) is 5.56 Å². The van der Waals surface area contributed by atoms with Crippen LogP contribution in [0.15, 0.2) is 16.9 Å². The van der Waals surface area contributed by atoms with Crippen LogP contribution in [0.4, 0.5) is 0 Å². The quantitative estimate of drug-likeness (QED) is 0.788. The second-order valence-electron chi connectivity index (χ2n) is 3.13. The highest BCUT2D eigenvalue weighted by Gasteiger charge is 2.09. The Kier molecular flexibility index (Phi) is 2.68. The highest BCUT2D eigenvalue weighted by molar-refractivity contribution is 5.40. The van der Waals surface area contributed by atoms with Gasteiger partial charge in [0.1, 0.15) is 0 Å². The maximum atomic E-state index is 4.99. The van der Waals surface area contributed by atoms with E-state index in [9.17, 15) is 0 Å². The average molecular weight is 205 g/mol. The topological polar surface area (TPSA) is 76.7 Å². The first kappa shape index (κ1) is 9.72. The summed E-state index contributed by atoms with van der Waals surface area (Å²) in [6, 6.07) is 0. The van der Waals surface area contributed by atoms with Gasteiger partial charge in [-0.05, 0) is 19.5 Å². The van der Waals surface area contributed by atoms with Crippen molar-refractivity contribution in [3.05, 3.63) is 23.8 Å². The van der Waals surface area contributed by atoms with Crippen LogP contribution in [0.2, 0.25) is 0 Å². The molecule has 0 spiro atoms. The first-order chi connectivity index (χ1) is 7.29. The standard InChI is InChI=1S/C9H11N5O/c1-6-3-11-8(12-4-6)9-13-7(5-10-2)15-14-9/h3-4,10H,5H2,1-2H3. The van der Waals surface area contributed by atoms with Gasteiger partial charge >= 0.3 is 0 Å². The fraction of sp³-hybridized carbons (Fsp3) is 0.333. The molecule has 1 N–H and O–H groups in total. The van der Waals surface area contributed by atoms with Crippen molar-refractivity contribution in [2.24, 2.45) is 0 Å². The van der Waals surface area contributed by atoms with E-state index in [0.29, 0.717) is 24.1 Å². The molecule has 0 aliphatic carbocycles. The van der Waals surface area contributed by atoms with Crippen molar-refractivity contribution in [1.82, 2.24) is 25.4 Å². The molecule has 0 radical (unpaired) electrons. The van der Waals surface area contributed by atoms with E-state index in [4.69, 9.17) is 4.52 Å². The first-order valence-corrected chi connectivity index (χ1v) is 4.56.